The molecule has 0 spiro atoms. The fourth-order valence-corrected chi connectivity index (χ4v) is 2.70. The van der Waals surface area contributed by atoms with Crippen molar-refractivity contribution in [2.75, 3.05) is 0 Å². The van der Waals surface area contributed by atoms with Crippen LogP contribution in [0.15, 0.2) is 30.6 Å². The Kier molecular flexibility index (Phi) is 3.34. The minimum absolute atomic E-state index is 0.274. The van der Waals surface area contributed by atoms with E-state index in [-0.39, 0.29) is 6.04 Å². The van der Waals surface area contributed by atoms with Crippen LogP contribution in [0.2, 0.25) is 0 Å². The summed E-state index contributed by atoms with van der Waals surface area (Å²) in [5.41, 5.74) is 2.82. The highest BCUT2D eigenvalue weighted by atomic mass is 15.3. The van der Waals surface area contributed by atoms with Crippen LogP contribution in [0.5, 0.6) is 0 Å². The van der Waals surface area contributed by atoms with E-state index in [2.05, 4.69) is 58.2 Å². The lowest BCUT2D eigenvalue weighted by Gasteiger charge is -2.26. The van der Waals surface area contributed by atoms with Crippen molar-refractivity contribution >= 4 is 0 Å². The molecule has 1 aromatic heterocycles. The molecule has 1 aliphatic rings. The molecule has 4 heteroatoms. The lowest BCUT2D eigenvalue weighted by atomic mass is 9.95. The predicted octanol–water partition coefficient (Wildman–Crippen LogP) is 2.32. The van der Waals surface area contributed by atoms with Gasteiger partial charge in [-0.25, -0.2) is 0 Å². The Hall–Kier alpha value is -1.68. The zero-order chi connectivity index (χ0) is 13.2. The van der Waals surface area contributed by atoms with Gasteiger partial charge in [0.05, 0.1) is 6.04 Å². The number of benzene rings is 1. The zero-order valence-corrected chi connectivity index (χ0v) is 11.5. The molecular weight excluding hydrogens is 236 g/mol. The van der Waals surface area contributed by atoms with E-state index in [0.717, 1.165) is 25.3 Å². The number of nitrogens with one attached hydrogen (secondary N) is 1. The number of hydrogen-bond donors (Lipinski definition) is 1. The van der Waals surface area contributed by atoms with Crippen LogP contribution in [-0.2, 0) is 19.5 Å². The van der Waals surface area contributed by atoms with Crippen LogP contribution >= 0.6 is 0 Å². The minimum atomic E-state index is 0.274. The molecular formula is C15H20N4. The lowest BCUT2D eigenvalue weighted by molar-refractivity contribution is 0.430. The number of aromatic nitrogens is 3. The second-order valence-electron chi connectivity index (χ2n) is 5.64. The predicted molar refractivity (Wildman–Crippen MR) is 74.6 cm³/mol. The van der Waals surface area contributed by atoms with Crippen LogP contribution in [0.4, 0.5) is 0 Å². The summed E-state index contributed by atoms with van der Waals surface area (Å²) in [5, 5.41) is 12.0. The van der Waals surface area contributed by atoms with Gasteiger partial charge < -0.3 is 9.88 Å². The average Bonchev–Trinajstić information content (AvgIpc) is 2.85. The quantitative estimate of drug-likeness (QED) is 0.916. The van der Waals surface area contributed by atoms with E-state index in [4.69, 9.17) is 0 Å². The summed E-state index contributed by atoms with van der Waals surface area (Å²) in [6, 6.07) is 8.89. The van der Waals surface area contributed by atoms with E-state index in [9.17, 15) is 0 Å². The molecule has 1 aliphatic heterocycles. The molecule has 100 valence electrons. The van der Waals surface area contributed by atoms with Crippen LogP contribution in [-0.4, -0.2) is 14.8 Å². The molecule has 0 bridgehead atoms. The topological polar surface area (TPSA) is 42.7 Å². The Bertz CT molecular complexity index is 559. The Morgan fingerprint density at radius 3 is 2.89 bits per heavy atom. The fraction of sp³-hybridized carbons (Fsp3) is 0.467. The second-order valence-corrected chi connectivity index (χ2v) is 5.64. The van der Waals surface area contributed by atoms with Gasteiger partial charge in [0.1, 0.15) is 12.2 Å². The monoisotopic (exact) mass is 256 g/mol. The van der Waals surface area contributed by atoms with Gasteiger partial charge in [0, 0.05) is 13.1 Å². The van der Waals surface area contributed by atoms with E-state index >= 15 is 0 Å². The Labute approximate surface area is 113 Å². The van der Waals surface area contributed by atoms with Crippen molar-refractivity contribution < 1.29 is 0 Å². The van der Waals surface area contributed by atoms with Crippen molar-refractivity contribution in [1.29, 1.82) is 0 Å². The smallest absolute Gasteiger partial charge is 0.150 e. The maximum absolute atomic E-state index is 4.32. The molecule has 19 heavy (non-hydrogen) atoms. The van der Waals surface area contributed by atoms with E-state index in [1.807, 2.05) is 6.33 Å². The van der Waals surface area contributed by atoms with Gasteiger partial charge in [0.25, 0.3) is 0 Å². The third-order valence-corrected chi connectivity index (χ3v) is 3.60. The summed E-state index contributed by atoms with van der Waals surface area (Å²) < 4.78 is 2.18. The van der Waals surface area contributed by atoms with Gasteiger partial charge in [-0.3, -0.25) is 0 Å². The zero-order valence-electron chi connectivity index (χ0n) is 11.5. The van der Waals surface area contributed by atoms with E-state index in [1.54, 1.807) is 0 Å². The van der Waals surface area contributed by atoms with Crippen molar-refractivity contribution in [2.45, 2.75) is 39.4 Å². The highest BCUT2D eigenvalue weighted by molar-refractivity contribution is 5.30. The van der Waals surface area contributed by atoms with Gasteiger partial charge in [0.15, 0.2) is 0 Å². The van der Waals surface area contributed by atoms with Crippen molar-refractivity contribution in [3.05, 3.63) is 47.5 Å². The summed E-state index contributed by atoms with van der Waals surface area (Å²) in [4.78, 5) is 0. The fourth-order valence-electron chi connectivity index (χ4n) is 2.70. The van der Waals surface area contributed by atoms with Crippen LogP contribution in [0, 0.1) is 5.92 Å². The average molecular weight is 256 g/mol. The third-order valence-electron chi connectivity index (χ3n) is 3.60. The highest BCUT2D eigenvalue weighted by Crippen LogP contribution is 2.24. The first-order valence-corrected chi connectivity index (χ1v) is 6.92. The molecule has 1 N–H and O–H groups in total. The molecule has 0 amide bonds. The Morgan fingerprint density at radius 2 is 2.11 bits per heavy atom. The largest absolute Gasteiger partial charge is 0.316 e. The van der Waals surface area contributed by atoms with Crippen LogP contribution < -0.4 is 5.32 Å². The summed E-state index contributed by atoms with van der Waals surface area (Å²) in [6.45, 7) is 6.32. The number of rotatable bonds is 3. The first kappa shape index (κ1) is 12.4. The first-order valence-electron chi connectivity index (χ1n) is 6.92. The normalized spacial score (nSPS) is 18.6. The molecule has 0 saturated carbocycles. The maximum atomic E-state index is 4.32. The SMILES string of the molecule is CC(C)Cn1cnnc1C1Cc2ccccc2CN1. The molecule has 2 heterocycles. The van der Waals surface area contributed by atoms with Crippen molar-refractivity contribution in [1.82, 2.24) is 20.1 Å². The molecule has 3 rings (SSSR count). The van der Waals surface area contributed by atoms with Crippen molar-refractivity contribution in [3.63, 3.8) is 0 Å². The lowest BCUT2D eigenvalue weighted by Crippen LogP contribution is -2.31. The summed E-state index contributed by atoms with van der Waals surface area (Å²) >= 11 is 0. The molecule has 1 unspecified atom stereocenters. The number of nitrogens with zero attached hydrogens (tertiary/aromatic N) is 3. The van der Waals surface area contributed by atoms with E-state index in [1.165, 1.54) is 11.1 Å². The molecule has 0 aliphatic carbocycles. The standard InChI is InChI=1S/C15H20N4/c1-11(2)9-19-10-17-18-15(19)14-7-12-5-3-4-6-13(12)8-16-14/h3-6,10-11,14,16H,7-9H2,1-2H3. The van der Waals surface area contributed by atoms with Gasteiger partial charge in [-0.15, -0.1) is 10.2 Å². The Balaban J connectivity index is 1.83. The van der Waals surface area contributed by atoms with Crippen molar-refractivity contribution in [2.24, 2.45) is 5.92 Å². The minimum Gasteiger partial charge on any atom is -0.316 e. The van der Waals surface area contributed by atoms with Crippen molar-refractivity contribution in [3.8, 4) is 0 Å². The molecule has 0 fully saturated rings. The van der Waals surface area contributed by atoms with Crippen LogP contribution in [0.1, 0.15) is 36.8 Å². The molecule has 1 aromatic carbocycles. The summed E-state index contributed by atoms with van der Waals surface area (Å²) in [7, 11) is 0. The summed E-state index contributed by atoms with van der Waals surface area (Å²) in [6.07, 6.45) is 2.84. The van der Waals surface area contributed by atoms with Gasteiger partial charge in [-0.05, 0) is 23.5 Å². The van der Waals surface area contributed by atoms with Gasteiger partial charge >= 0.3 is 0 Å². The number of fused-ring (bicyclic) bond motifs is 1. The maximum Gasteiger partial charge on any atom is 0.150 e. The van der Waals surface area contributed by atoms with Gasteiger partial charge in [-0.1, -0.05) is 38.1 Å². The van der Waals surface area contributed by atoms with E-state index in [0.29, 0.717) is 5.92 Å². The Morgan fingerprint density at radius 1 is 1.32 bits per heavy atom. The van der Waals surface area contributed by atoms with Crippen LogP contribution in [0.3, 0.4) is 0 Å². The first-order chi connectivity index (χ1) is 9.24. The molecule has 0 saturated heterocycles. The molecule has 4 nitrogen and oxygen atoms in total. The molecule has 2 aromatic rings. The molecule has 0 radical (unpaired) electrons. The van der Waals surface area contributed by atoms with E-state index < -0.39 is 0 Å². The third kappa shape index (κ3) is 2.54. The number of hydrogen-bond acceptors (Lipinski definition) is 3. The highest BCUT2D eigenvalue weighted by Gasteiger charge is 2.23. The van der Waals surface area contributed by atoms with Gasteiger partial charge in [-0.2, -0.15) is 0 Å². The second kappa shape index (κ2) is 5.13. The summed E-state index contributed by atoms with van der Waals surface area (Å²) in [5.74, 6) is 1.66. The van der Waals surface area contributed by atoms with Crippen LogP contribution in [0.25, 0.3) is 0 Å². The molecule has 1 atom stereocenters. The van der Waals surface area contributed by atoms with Gasteiger partial charge in [0.2, 0.25) is 0 Å².